The van der Waals surface area contributed by atoms with E-state index in [1.807, 2.05) is 42.5 Å². The van der Waals surface area contributed by atoms with Crippen molar-refractivity contribution in [2.75, 3.05) is 0 Å². The lowest BCUT2D eigenvalue weighted by Gasteiger charge is -2.03. The number of carbonyl (C=O) groups excluding carboxylic acids is 1. The van der Waals surface area contributed by atoms with Gasteiger partial charge in [0.05, 0.1) is 0 Å². The van der Waals surface area contributed by atoms with Crippen molar-refractivity contribution in [2.24, 2.45) is 0 Å². The lowest BCUT2D eigenvalue weighted by Crippen LogP contribution is -2.04. The van der Waals surface area contributed by atoms with E-state index in [1.165, 1.54) is 5.56 Å². The van der Waals surface area contributed by atoms with Gasteiger partial charge in [0.25, 0.3) is 0 Å². The van der Waals surface area contributed by atoms with Gasteiger partial charge in [-0.3, -0.25) is 4.79 Å². The Kier molecular flexibility index (Phi) is 4.51. The Morgan fingerprint density at radius 2 is 1.43 bits per heavy atom. The molecule has 2 N–H and O–H groups in total. The average molecular weight is 282 g/mol. The van der Waals surface area contributed by atoms with Crippen molar-refractivity contribution in [1.82, 2.24) is 0 Å². The third kappa shape index (κ3) is 4.04. The molecule has 0 aliphatic heterocycles. The third-order valence-corrected chi connectivity index (χ3v) is 2.98. The van der Waals surface area contributed by atoms with E-state index < -0.39 is 17.5 Å². The van der Waals surface area contributed by atoms with Crippen molar-refractivity contribution in [1.29, 1.82) is 0 Å². The maximum absolute atomic E-state index is 11.7. The summed E-state index contributed by atoms with van der Waals surface area (Å²) in [5.74, 6) is -3.03. The molecule has 0 aliphatic carbocycles. The monoisotopic (exact) mass is 282 g/mol. The summed E-state index contributed by atoms with van der Waals surface area (Å²) in [4.78, 5) is 22.2. The molecule has 0 saturated heterocycles. The van der Waals surface area contributed by atoms with E-state index in [9.17, 15) is 9.59 Å². The highest BCUT2D eigenvalue weighted by Gasteiger charge is 2.09. The van der Waals surface area contributed by atoms with Crippen LogP contribution in [-0.4, -0.2) is 22.0 Å². The molecule has 4 heteroatoms. The van der Waals surface area contributed by atoms with Gasteiger partial charge in [-0.1, -0.05) is 54.6 Å². The molecule has 0 radical (unpaired) electrons. The summed E-state index contributed by atoms with van der Waals surface area (Å²) < 4.78 is 0. The van der Waals surface area contributed by atoms with Crippen LogP contribution >= 0.6 is 0 Å². The molecule has 0 saturated carbocycles. The Hall–Kier alpha value is -2.88. The molecular formula is C17H14O4. The largest absolute Gasteiger partial charge is 0.502 e. The molecule has 0 spiro atoms. The number of rotatable bonds is 5. The van der Waals surface area contributed by atoms with Gasteiger partial charge in [-0.2, -0.15) is 0 Å². The van der Waals surface area contributed by atoms with E-state index in [0.29, 0.717) is 11.6 Å². The van der Waals surface area contributed by atoms with Crippen LogP contribution in [0.1, 0.15) is 21.5 Å². The molecule has 4 nitrogen and oxygen atoms in total. The number of hydrogen-bond donors (Lipinski definition) is 2. The molecule has 2 aromatic carbocycles. The Morgan fingerprint density at radius 1 is 0.857 bits per heavy atom. The van der Waals surface area contributed by atoms with E-state index in [2.05, 4.69) is 0 Å². The SMILES string of the molecule is O=C(O)C(O)=CC(=O)c1ccc(Cc2ccccc2)cc1. The quantitative estimate of drug-likeness (QED) is 0.502. The maximum Gasteiger partial charge on any atom is 0.371 e. The molecule has 0 heterocycles. The molecular weight excluding hydrogens is 268 g/mol. The average Bonchev–Trinajstić information content (AvgIpc) is 2.48. The second-order valence-corrected chi connectivity index (χ2v) is 4.56. The molecule has 0 amide bonds. The first-order chi connectivity index (χ1) is 10.1. The molecule has 0 bridgehead atoms. The first-order valence-corrected chi connectivity index (χ1v) is 6.37. The highest BCUT2D eigenvalue weighted by molar-refractivity contribution is 6.07. The first-order valence-electron chi connectivity index (χ1n) is 6.37. The number of allylic oxidation sites excluding steroid dienone is 1. The normalized spacial score (nSPS) is 11.1. The minimum absolute atomic E-state index is 0.333. The summed E-state index contributed by atoms with van der Waals surface area (Å²) in [6, 6.07) is 16.8. The molecule has 106 valence electrons. The number of carbonyl (C=O) groups is 2. The van der Waals surface area contributed by atoms with Crippen LogP contribution in [0, 0.1) is 0 Å². The predicted octanol–water partition coefficient (Wildman–Crippen LogP) is 2.99. The van der Waals surface area contributed by atoms with Crippen LogP contribution in [0.3, 0.4) is 0 Å². The summed E-state index contributed by atoms with van der Waals surface area (Å²) in [6.07, 6.45) is 1.46. The van der Waals surface area contributed by atoms with Crippen molar-refractivity contribution in [2.45, 2.75) is 6.42 Å². The summed E-state index contributed by atoms with van der Waals surface area (Å²) >= 11 is 0. The highest BCUT2D eigenvalue weighted by atomic mass is 16.4. The number of carboxylic acids is 1. The van der Waals surface area contributed by atoms with Crippen LogP contribution in [0.4, 0.5) is 0 Å². The molecule has 21 heavy (non-hydrogen) atoms. The molecule has 2 rings (SSSR count). The van der Waals surface area contributed by atoms with Crippen LogP contribution in [0.15, 0.2) is 66.4 Å². The zero-order valence-electron chi connectivity index (χ0n) is 11.2. The Balaban J connectivity index is 2.10. The van der Waals surface area contributed by atoms with Gasteiger partial charge in [-0.05, 0) is 17.5 Å². The van der Waals surface area contributed by atoms with Crippen LogP contribution in [0.5, 0.6) is 0 Å². The van der Waals surface area contributed by atoms with Gasteiger partial charge < -0.3 is 10.2 Å². The van der Waals surface area contributed by atoms with Gasteiger partial charge >= 0.3 is 5.97 Å². The molecule has 0 aromatic heterocycles. The summed E-state index contributed by atoms with van der Waals surface area (Å²) in [5.41, 5.74) is 2.55. The lowest BCUT2D eigenvalue weighted by atomic mass is 10.0. The zero-order valence-corrected chi connectivity index (χ0v) is 11.2. The number of aliphatic hydroxyl groups excluding tert-OH is 1. The van der Waals surface area contributed by atoms with Crippen molar-refractivity contribution >= 4 is 11.8 Å². The highest BCUT2D eigenvalue weighted by Crippen LogP contribution is 2.11. The van der Waals surface area contributed by atoms with Crippen molar-refractivity contribution < 1.29 is 19.8 Å². The Morgan fingerprint density at radius 3 is 2.00 bits per heavy atom. The van der Waals surface area contributed by atoms with Gasteiger partial charge in [-0.15, -0.1) is 0 Å². The van der Waals surface area contributed by atoms with E-state index in [0.717, 1.165) is 12.0 Å². The number of aliphatic carboxylic acids is 1. The number of benzene rings is 2. The number of carboxylic acid groups (broad SMARTS) is 1. The minimum atomic E-state index is -1.52. The smallest absolute Gasteiger partial charge is 0.371 e. The van der Waals surface area contributed by atoms with Crippen molar-refractivity contribution in [3.8, 4) is 0 Å². The summed E-state index contributed by atoms with van der Waals surface area (Å²) in [5, 5.41) is 17.6. The van der Waals surface area contributed by atoms with Crippen LogP contribution < -0.4 is 0 Å². The van der Waals surface area contributed by atoms with Gasteiger partial charge in [-0.25, -0.2) is 4.79 Å². The fourth-order valence-electron chi connectivity index (χ4n) is 1.89. The van der Waals surface area contributed by atoms with Gasteiger partial charge in [0, 0.05) is 11.6 Å². The van der Waals surface area contributed by atoms with Crippen LogP contribution in [0.25, 0.3) is 0 Å². The van der Waals surface area contributed by atoms with Gasteiger partial charge in [0.1, 0.15) is 0 Å². The minimum Gasteiger partial charge on any atom is -0.502 e. The standard InChI is InChI=1S/C17H14O4/c18-15(11-16(19)17(20)21)14-8-6-13(7-9-14)10-12-4-2-1-3-5-12/h1-9,11,19H,10H2,(H,20,21). The number of aliphatic hydroxyl groups is 1. The van der Waals surface area contributed by atoms with E-state index in [4.69, 9.17) is 10.2 Å². The van der Waals surface area contributed by atoms with E-state index in [-0.39, 0.29) is 0 Å². The van der Waals surface area contributed by atoms with Crippen molar-refractivity contribution in [3.05, 3.63) is 83.1 Å². The molecule has 0 atom stereocenters. The van der Waals surface area contributed by atoms with E-state index in [1.54, 1.807) is 12.1 Å². The van der Waals surface area contributed by atoms with Crippen LogP contribution in [0.2, 0.25) is 0 Å². The van der Waals surface area contributed by atoms with Gasteiger partial charge in [0.2, 0.25) is 5.76 Å². The fourth-order valence-corrected chi connectivity index (χ4v) is 1.89. The second-order valence-electron chi connectivity index (χ2n) is 4.56. The Labute approximate surface area is 122 Å². The maximum atomic E-state index is 11.7. The third-order valence-electron chi connectivity index (χ3n) is 2.98. The fraction of sp³-hybridized carbons (Fsp3) is 0.0588. The summed E-state index contributed by atoms with van der Waals surface area (Å²) in [7, 11) is 0. The first kappa shape index (κ1) is 14.5. The second kappa shape index (κ2) is 6.52. The molecule has 2 aromatic rings. The lowest BCUT2D eigenvalue weighted by molar-refractivity contribution is -0.135. The van der Waals surface area contributed by atoms with E-state index >= 15 is 0 Å². The molecule has 0 fully saturated rings. The molecule has 0 aliphatic rings. The zero-order chi connectivity index (χ0) is 15.2. The number of ketones is 1. The van der Waals surface area contributed by atoms with Crippen LogP contribution in [-0.2, 0) is 11.2 Å². The predicted molar refractivity (Wildman–Crippen MR) is 78.4 cm³/mol. The Bertz CT molecular complexity index is 670. The summed E-state index contributed by atoms with van der Waals surface area (Å²) in [6.45, 7) is 0. The topological polar surface area (TPSA) is 74.6 Å². The molecule has 0 unspecified atom stereocenters. The van der Waals surface area contributed by atoms with Crippen molar-refractivity contribution in [3.63, 3.8) is 0 Å². The van der Waals surface area contributed by atoms with Gasteiger partial charge in [0.15, 0.2) is 5.78 Å². The number of hydrogen-bond acceptors (Lipinski definition) is 3.